The van der Waals surface area contributed by atoms with Crippen LogP contribution in [-0.4, -0.2) is 66.8 Å². The molecular weight excluding hydrogens is 398 g/mol. The van der Waals surface area contributed by atoms with Crippen molar-refractivity contribution >= 4 is 57.5 Å². The number of nitrogens with two attached hydrogens (primary N) is 1. The van der Waals surface area contributed by atoms with Gasteiger partial charge in [0.25, 0.3) is 5.91 Å². The number of amides is 1. The molecule has 1 amide bonds. The normalized spacial score (nSPS) is 20.0. The Labute approximate surface area is 160 Å². The van der Waals surface area contributed by atoms with Crippen molar-refractivity contribution in [2.24, 2.45) is 10.1 Å². The molecule has 1 aliphatic heterocycles. The number of carboxylic acid groups (broad SMARTS) is 2. The number of aromatic nitrogens is 1. The smallest absolute Gasteiger partial charge is 0.354 e. The molecule has 0 aromatic carbocycles. The maximum Gasteiger partial charge on any atom is 0.354 e. The minimum absolute atomic E-state index is 0.0242. The predicted octanol–water partition coefficient (Wildman–Crippen LogP) is 0.0178. The number of oxime groups is 1. The Morgan fingerprint density at radius 1 is 1.44 bits per heavy atom. The van der Waals surface area contributed by atoms with E-state index in [1.54, 1.807) is 13.0 Å². The van der Waals surface area contributed by atoms with Crippen LogP contribution in [0.25, 0.3) is 0 Å². The summed E-state index contributed by atoms with van der Waals surface area (Å²) in [6.45, 7) is 1.65. The molecule has 0 saturated carbocycles. The summed E-state index contributed by atoms with van der Waals surface area (Å²) in [5.74, 6) is -3.51. The van der Waals surface area contributed by atoms with E-state index in [9.17, 15) is 24.6 Å². The van der Waals surface area contributed by atoms with E-state index in [2.05, 4.69) is 20.4 Å². The second kappa shape index (κ2) is 8.64. The Kier molecular flexibility index (Phi) is 6.52. The van der Waals surface area contributed by atoms with Gasteiger partial charge in [0.15, 0.2) is 16.9 Å². The van der Waals surface area contributed by atoms with Gasteiger partial charge in [0.05, 0.1) is 0 Å². The van der Waals surface area contributed by atoms with Crippen molar-refractivity contribution in [1.29, 1.82) is 0 Å². The van der Waals surface area contributed by atoms with E-state index >= 15 is 0 Å². The fraction of sp³-hybridized carbons (Fsp3) is 0.286. The summed E-state index contributed by atoms with van der Waals surface area (Å²) in [4.78, 5) is 43.1. The van der Waals surface area contributed by atoms with Crippen LogP contribution in [0, 0.1) is 0 Å². The van der Waals surface area contributed by atoms with E-state index in [4.69, 9.17) is 10.9 Å². The van der Waals surface area contributed by atoms with Gasteiger partial charge in [-0.25, -0.2) is 14.6 Å². The molecule has 2 heterocycles. The molecule has 11 nitrogen and oxygen atoms in total. The first-order valence-corrected chi connectivity index (χ1v) is 9.26. The number of hydrogen-bond acceptors (Lipinski definition) is 10. The number of anilines is 1. The molecule has 1 aliphatic rings. The first kappa shape index (κ1) is 20.4. The van der Waals surface area contributed by atoms with Crippen molar-refractivity contribution in [3.8, 4) is 0 Å². The second-order valence-corrected chi connectivity index (χ2v) is 7.10. The number of carboxylic acids is 2. The zero-order valence-corrected chi connectivity index (χ0v) is 15.5. The Hall–Kier alpha value is -2.93. The van der Waals surface area contributed by atoms with Gasteiger partial charge in [-0.15, -0.1) is 23.1 Å². The fourth-order valence-electron chi connectivity index (χ4n) is 2.15. The van der Waals surface area contributed by atoms with E-state index in [0.717, 1.165) is 23.1 Å². The molecule has 1 aromatic heterocycles. The van der Waals surface area contributed by atoms with E-state index in [1.807, 2.05) is 0 Å². The van der Waals surface area contributed by atoms with Crippen LogP contribution in [0.1, 0.15) is 12.6 Å². The highest BCUT2D eigenvalue weighted by Gasteiger charge is 2.36. The molecule has 0 fully saturated rings. The zero-order valence-electron chi connectivity index (χ0n) is 13.8. The third-order valence-electron chi connectivity index (χ3n) is 3.44. The van der Waals surface area contributed by atoms with Gasteiger partial charge in [-0.3, -0.25) is 9.79 Å². The Bertz CT molecular complexity index is 862. The van der Waals surface area contributed by atoms with Crippen molar-refractivity contribution in [3.05, 3.63) is 22.7 Å². The number of aliphatic imine (C=N–C) groups is 1. The molecule has 0 saturated heterocycles. The van der Waals surface area contributed by atoms with Crippen molar-refractivity contribution in [1.82, 2.24) is 10.3 Å². The molecule has 0 aliphatic carbocycles. The minimum atomic E-state index is -1.55. The summed E-state index contributed by atoms with van der Waals surface area (Å²) in [5.41, 5.74) is 5.12. The van der Waals surface area contributed by atoms with Gasteiger partial charge in [-0.2, -0.15) is 0 Å². The molecule has 0 spiro atoms. The molecule has 2 atom stereocenters. The number of carbonyl (C=O) groups is 3. The maximum atomic E-state index is 12.4. The van der Waals surface area contributed by atoms with Crippen LogP contribution in [0.5, 0.6) is 0 Å². The lowest BCUT2D eigenvalue weighted by Gasteiger charge is -2.26. The molecular formula is C14H15N5O6S2. The number of thiazole rings is 1. The number of allylic oxidation sites excluding steroid dienone is 1. The molecule has 2 rings (SSSR count). The lowest BCUT2D eigenvalue weighted by Crippen LogP contribution is -2.50. The summed E-state index contributed by atoms with van der Waals surface area (Å²) in [6.07, 6.45) is 1.58. The molecule has 0 radical (unpaired) electrons. The quantitative estimate of drug-likeness (QED) is 0.243. The SMILES string of the molecule is C/C=C1\CS[C@@H]([C@H](NC(=O)/C(=N\O)c2csc(N)n2)C(=O)O)N=C1C(=O)O. The van der Waals surface area contributed by atoms with Gasteiger partial charge in [0, 0.05) is 11.1 Å². The maximum absolute atomic E-state index is 12.4. The van der Waals surface area contributed by atoms with Gasteiger partial charge in [0.2, 0.25) is 0 Å². The van der Waals surface area contributed by atoms with Crippen molar-refractivity contribution < 1.29 is 29.8 Å². The number of nitrogen functional groups attached to an aromatic ring is 1. The number of hydrogen-bond donors (Lipinski definition) is 5. The van der Waals surface area contributed by atoms with Crippen LogP contribution in [-0.2, 0) is 14.4 Å². The number of carbonyl (C=O) groups excluding carboxylic acids is 1. The van der Waals surface area contributed by atoms with Gasteiger partial charge in [-0.05, 0) is 12.5 Å². The Morgan fingerprint density at radius 3 is 2.63 bits per heavy atom. The topological polar surface area (TPSA) is 188 Å². The van der Waals surface area contributed by atoms with Gasteiger partial charge in [-0.1, -0.05) is 11.2 Å². The van der Waals surface area contributed by atoms with E-state index in [0.29, 0.717) is 5.57 Å². The van der Waals surface area contributed by atoms with Crippen LogP contribution in [0.2, 0.25) is 0 Å². The molecule has 0 bridgehead atoms. The number of aliphatic carboxylic acids is 2. The highest BCUT2D eigenvalue weighted by Crippen LogP contribution is 2.26. The Morgan fingerprint density at radius 2 is 2.15 bits per heavy atom. The molecule has 1 aromatic rings. The highest BCUT2D eigenvalue weighted by atomic mass is 32.2. The molecule has 6 N–H and O–H groups in total. The van der Waals surface area contributed by atoms with Crippen molar-refractivity contribution in [2.75, 3.05) is 11.5 Å². The summed E-state index contributed by atoms with van der Waals surface area (Å²) in [5, 5.41) is 33.3. The minimum Gasteiger partial charge on any atom is -0.480 e. The van der Waals surface area contributed by atoms with E-state index < -0.39 is 35.0 Å². The molecule has 0 unspecified atom stereocenters. The summed E-state index contributed by atoms with van der Waals surface area (Å²) in [7, 11) is 0. The number of nitrogens with one attached hydrogen (secondary N) is 1. The van der Waals surface area contributed by atoms with Crippen LogP contribution >= 0.6 is 23.1 Å². The third-order valence-corrected chi connectivity index (χ3v) is 5.31. The monoisotopic (exact) mass is 413 g/mol. The number of thioether (sulfide) groups is 1. The van der Waals surface area contributed by atoms with Crippen LogP contribution in [0.4, 0.5) is 5.13 Å². The molecule has 27 heavy (non-hydrogen) atoms. The van der Waals surface area contributed by atoms with Gasteiger partial charge >= 0.3 is 11.9 Å². The fourth-order valence-corrected chi connectivity index (χ4v) is 3.91. The zero-order chi connectivity index (χ0) is 20.1. The van der Waals surface area contributed by atoms with Gasteiger partial charge < -0.3 is 26.5 Å². The third kappa shape index (κ3) is 4.62. The first-order chi connectivity index (χ1) is 12.8. The average Bonchev–Trinajstić information content (AvgIpc) is 3.05. The van der Waals surface area contributed by atoms with E-state index in [1.165, 1.54) is 5.38 Å². The van der Waals surface area contributed by atoms with Crippen LogP contribution < -0.4 is 11.1 Å². The lowest BCUT2D eigenvalue weighted by atomic mass is 10.1. The Balaban J connectivity index is 2.28. The van der Waals surface area contributed by atoms with Crippen molar-refractivity contribution in [2.45, 2.75) is 18.3 Å². The average molecular weight is 413 g/mol. The van der Waals surface area contributed by atoms with Crippen LogP contribution in [0.3, 0.4) is 0 Å². The largest absolute Gasteiger partial charge is 0.480 e. The molecule has 144 valence electrons. The summed E-state index contributed by atoms with van der Waals surface area (Å²) >= 11 is 2.07. The summed E-state index contributed by atoms with van der Waals surface area (Å²) in [6, 6.07) is -1.55. The van der Waals surface area contributed by atoms with Gasteiger partial charge in [0.1, 0.15) is 16.8 Å². The number of nitrogens with zero attached hydrogens (tertiary/aromatic N) is 3. The highest BCUT2D eigenvalue weighted by molar-refractivity contribution is 8.00. The van der Waals surface area contributed by atoms with Crippen molar-refractivity contribution in [3.63, 3.8) is 0 Å². The molecule has 13 heteroatoms. The second-order valence-electron chi connectivity index (χ2n) is 5.11. The lowest BCUT2D eigenvalue weighted by molar-refractivity contribution is -0.141. The standard InChI is InChI=1S/C14H15N5O6S2/c1-2-5-3-26-11(18-7(5)12(21)22)9(13(23)24)17-10(20)8(19-25)6-4-27-14(15)16-6/h2,4,9,11,25H,3H2,1H3,(H2,15,16)(H,17,20)(H,21,22)(H,23,24)/b5-2+,19-8-/t9-,11-/m0/s1. The van der Waals surface area contributed by atoms with E-state index in [-0.39, 0.29) is 22.3 Å². The first-order valence-electron chi connectivity index (χ1n) is 7.33. The predicted molar refractivity (Wildman–Crippen MR) is 99.5 cm³/mol. The number of rotatable bonds is 6. The summed E-state index contributed by atoms with van der Waals surface area (Å²) < 4.78 is 0. The van der Waals surface area contributed by atoms with Crippen LogP contribution in [0.15, 0.2) is 27.2 Å².